The molecule has 0 spiro atoms. The SMILES string of the molecule is CCC(NC(=O)c1cccc(N)n1)c1nccs1.Cl. The van der Waals surface area contributed by atoms with Gasteiger partial charge in [0.25, 0.3) is 5.91 Å². The quantitative estimate of drug-likeness (QED) is 0.908. The number of anilines is 1. The maximum Gasteiger partial charge on any atom is 0.270 e. The number of hydrogen-bond acceptors (Lipinski definition) is 5. The van der Waals surface area contributed by atoms with Gasteiger partial charge in [0.2, 0.25) is 0 Å². The predicted molar refractivity (Wildman–Crippen MR) is 78.5 cm³/mol. The van der Waals surface area contributed by atoms with Gasteiger partial charge in [-0.3, -0.25) is 4.79 Å². The van der Waals surface area contributed by atoms with Gasteiger partial charge in [-0.05, 0) is 18.6 Å². The normalized spacial score (nSPS) is 11.4. The van der Waals surface area contributed by atoms with Crippen molar-refractivity contribution in [2.24, 2.45) is 0 Å². The molecule has 0 fully saturated rings. The Hall–Kier alpha value is -1.66. The van der Waals surface area contributed by atoms with E-state index in [2.05, 4.69) is 15.3 Å². The Morgan fingerprint density at radius 1 is 1.53 bits per heavy atom. The minimum atomic E-state index is -0.232. The lowest BCUT2D eigenvalue weighted by molar-refractivity contribution is 0.0930. The summed E-state index contributed by atoms with van der Waals surface area (Å²) in [7, 11) is 0. The third-order valence-electron chi connectivity index (χ3n) is 2.47. The number of carbonyl (C=O) groups excluding carboxylic acids is 1. The van der Waals surface area contributed by atoms with Gasteiger partial charge in [0.15, 0.2) is 0 Å². The number of carbonyl (C=O) groups is 1. The van der Waals surface area contributed by atoms with E-state index in [0.717, 1.165) is 11.4 Å². The monoisotopic (exact) mass is 298 g/mol. The highest BCUT2D eigenvalue weighted by Crippen LogP contribution is 2.19. The molecule has 0 saturated heterocycles. The van der Waals surface area contributed by atoms with Crippen molar-refractivity contribution in [1.29, 1.82) is 0 Å². The summed E-state index contributed by atoms with van der Waals surface area (Å²) >= 11 is 1.53. The first-order valence-corrected chi connectivity index (χ1v) is 6.51. The van der Waals surface area contributed by atoms with Crippen LogP contribution in [0.15, 0.2) is 29.8 Å². The zero-order valence-corrected chi connectivity index (χ0v) is 12.0. The Balaban J connectivity index is 0.00000180. The van der Waals surface area contributed by atoms with Gasteiger partial charge < -0.3 is 11.1 Å². The van der Waals surface area contributed by atoms with Gasteiger partial charge in [-0.15, -0.1) is 23.7 Å². The molecule has 2 rings (SSSR count). The van der Waals surface area contributed by atoms with Crippen molar-refractivity contribution in [2.75, 3.05) is 5.73 Å². The van der Waals surface area contributed by atoms with E-state index in [1.807, 2.05) is 12.3 Å². The van der Waals surface area contributed by atoms with Crippen molar-refractivity contribution in [3.8, 4) is 0 Å². The Bertz CT molecular complexity index is 532. The van der Waals surface area contributed by atoms with E-state index < -0.39 is 0 Å². The number of aromatic nitrogens is 2. The van der Waals surface area contributed by atoms with Gasteiger partial charge in [0.05, 0.1) is 6.04 Å². The van der Waals surface area contributed by atoms with Crippen molar-refractivity contribution in [3.05, 3.63) is 40.5 Å². The molecule has 0 saturated carbocycles. The molecule has 5 nitrogen and oxygen atoms in total. The van der Waals surface area contributed by atoms with Crippen LogP contribution in [0.2, 0.25) is 0 Å². The molecule has 1 amide bonds. The van der Waals surface area contributed by atoms with Crippen molar-refractivity contribution in [1.82, 2.24) is 15.3 Å². The minimum Gasteiger partial charge on any atom is -0.384 e. The fraction of sp³-hybridized carbons (Fsp3) is 0.250. The Morgan fingerprint density at radius 2 is 2.32 bits per heavy atom. The lowest BCUT2D eigenvalue weighted by Crippen LogP contribution is -2.28. The molecule has 2 aromatic heterocycles. The molecule has 0 radical (unpaired) electrons. The number of nitrogen functional groups attached to an aromatic ring is 1. The van der Waals surface area contributed by atoms with Crippen LogP contribution in [-0.2, 0) is 0 Å². The number of nitrogens with zero attached hydrogens (tertiary/aromatic N) is 2. The minimum absolute atomic E-state index is 0. The van der Waals surface area contributed by atoms with E-state index in [4.69, 9.17) is 5.73 Å². The first kappa shape index (κ1) is 15.4. The molecule has 0 aliphatic heterocycles. The molecule has 0 bridgehead atoms. The number of nitrogens with two attached hydrogens (primary N) is 1. The standard InChI is InChI=1S/C12H14N4OS.ClH/c1-2-8(12-14-6-7-18-12)16-11(17)9-4-3-5-10(13)15-9;/h3-8H,2H2,1H3,(H2,13,15)(H,16,17);1H. The maximum atomic E-state index is 12.0. The zero-order chi connectivity index (χ0) is 13.0. The molecule has 0 aliphatic carbocycles. The third kappa shape index (κ3) is 3.90. The lowest BCUT2D eigenvalue weighted by Gasteiger charge is -2.14. The molecule has 19 heavy (non-hydrogen) atoms. The van der Waals surface area contributed by atoms with Gasteiger partial charge in [-0.1, -0.05) is 13.0 Å². The zero-order valence-electron chi connectivity index (χ0n) is 10.4. The van der Waals surface area contributed by atoms with E-state index in [1.165, 1.54) is 11.3 Å². The molecular weight excluding hydrogens is 284 g/mol. The second kappa shape index (κ2) is 7.06. The highest BCUT2D eigenvalue weighted by atomic mass is 35.5. The second-order valence-corrected chi connectivity index (χ2v) is 4.68. The fourth-order valence-electron chi connectivity index (χ4n) is 1.56. The summed E-state index contributed by atoms with van der Waals surface area (Å²) < 4.78 is 0. The molecule has 2 heterocycles. The van der Waals surface area contributed by atoms with Crippen LogP contribution < -0.4 is 11.1 Å². The first-order valence-electron chi connectivity index (χ1n) is 5.63. The van der Waals surface area contributed by atoms with Crippen LogP contribution in [0, 0.1) is 0 Å². The molecule has 1 unspecified atom stereocenters. The van der Waals surface area contributed by atoms with Gasteiger partial charge >= 0.3 is 0 Å². The van der Waals surface area contributed by atoms with Crippen LogP contribution in [0.5, 0.6) is 0 Å². The van der Waals surface area contributed by atoms with Crippen molar-refractivity contribution >= 4 is 35.5 Å². The predicted octanol–water partition coefficient (Wildman–Crippen LogP) is 2.42. The van der Waals surface area contributed by atoms with E-state index in [-0.39, 0.29) is 24.4 Å². The highest BCUT2D eigenvalue weighted by Gasteiger charge is 2.16. The Morgan fingerprint density at radius 3 is 2.89 bits per heavy atom. The van der Waals surface area contributed by atoms with Crippen molar-refractivity contribution in [2.45, 2.75) is 19.4 Å². The summed E-state index contributed by atoms with van der Waals surface area (Å²) in [6.45, 7) is 2.00. The van der Waals surface area contributed by atoms with Gasteiger partial charge in [-0.25, -0.2) is 9.97 Å². The van der Waals surface area contributed by atoms with Crippen LogP contribution in [0.1, 0.15) is 34.9 Å². The number of nitrogens with one attached hydrogen (secondary N) is 1. The summed E-state index contributed by atoms with van der Waals surface area (Å²) in [5.41, 5.74) is 5.88. The number of halogens is 1. The first-order chi connectivity index (χ1) is 8.70. The molecule has 2 aromatic rings. The topological polar surface area (TPSA) is 80.9 Å². The highest BCUT2D eigenvalue weighted by molar-refractivity contribution is 7.09. The van der Waals surface area contributed by atoms with Crippen LogP contribution >= 0.6 is 23.7 Å². The van der Waals surface area contributed by atoms with E-state index in [1.54, 1.807) is 24.4 Å². The average molecular weight is 299 g/mol. The number of thiazole rings is 1. The molecule has 7 heteroatoms. The van der Waals surface area contributed by atoms with Crippen LogP contribution in [0.3, 0.4) is 0 Å². The average Bonchev–Trinajstić information content (AvgIpc) is 2.89. The van der Waals surface area contributed by atoms with Gasteiger partial charge in [0, 0.05) is 11.6 Å². The maximum absolute atomic E-state index is 12.0. The van der Waals surface area contributed by atoms with Crippen molar-refractivity contribution in [3.63, 3.8) is 0 Å². The number of rotatable bonds is 4. The number of amides is 1. The van der Waals surface area contributed by atoms with Crippen molar-refractivity contribution < 1.29 is 4.79 Å². The summed E-state index contributed by atoms with van der Waals surface area (Å²) in [6, 6.07) is 4.91. The van der Waals surface area contributed by atoms with Crippen LogP contribution in [0.4, 0.5) is 5.82 Å². The van der Waals surface area contributed by atoms with E-state index >= 15 is 0 Å². The summed E-state index contributed by atoms with van der Waals surface area (Å²) in [4.78, 5) is 20.2. The molecule has 3 N–H and O–H groups in total. The largest absolute Gasteiger partial charge is 0.384 e. The Kier molecular flexibility index (Phi) is 5.72. The lowest BCUT2D eigenvalue weighted by atomic mass is 10.2. The van der Waals surface area contributed by atoms with Crippen LogP contribution in [0.25, 0.3) is 0 Å². The van der Waals surface area contributed by atoms with E-state index in [9.17, 15) is 4.79 Å². The van der Waals surface area contributed by atoms with Gasteiger partial charge in [-0.2, -0.15) is 0 Å². The Labute approximate surface area is 121 Å². The number of hydrogen-bond donors (Lipinski definition) is 2. The molecule has 0 aliphatic rings. The van der Waals surface area contributed by atoms with Gasteiger partial charge in [0.1, 0.15) is 16.5 Å². The summed E-state index contributed by atoms with van der Waals surface area (Å²) in [5.74, 6) is 0.106. The second-order valence-electron chi connectivity index (χ2n) is 3.75. The third-order valence-corrected chi connectivity index (χ3v) is 3.36. The molecule has 1 atom stereocenters. The smallest absolute Gasteiger partial charge is 0.270 e. The fourth-order valence-corrected chi connectivity index (χ4v) is 2.33. The molecule has 102 valence electrons. The number of pyridine rings is 1. The summed E-state index contributed by atoms with van der Waals surface area (Å²) in [5, 5.41) is 5.69. The van der Waals surface area contributed by atoms with E-state index in [0.29, 0.717) is 11.5 Å². The van der Waals surface area contributed by atoms with Crippen LogP contribution in [-0.4, -0.2) is 15.9 Å². The summed E-state index contributed by atoms with van der Waals surface area (Å²) in [6.07, 6.45) is 2.51. The molecular formula is C12H15ClN4OS. The molecule has 0 aromatic carbocycles.